The highest BCUT2D eigenvalue weighted by atomic mass is 16.5. The number of ether oxygens (including phenoxy) is 3. The Morgan fingerprint density at radius 3 is 2.26 bits per heavy atom. The minimum Gasteiger partial charge on any atom is -0.493 e. The Morgan fingerprint density at radius 1 is 0.921 bits per heavy atom. The second-order valence-corrected chi connectivity index (χ2v) is 9.70. The summed E-state index contributed by atoms with van der Waals surface area (Å²) in [7, 11) is 5.19. The van der Waals surface area contributed by atoms with Gasteiger partial charge in [0.2, 0.25) is 5.91 Å². The first kappa shape index (κ1) is 26.9. The molecule has 4 rings (SSSR count). The number of nitrogens with zero attached hydrogens (tertiary/aromatic N) is 2. The molecular formula is C31H35N3O4. The van der Waals surface area contributed by atoms with Gasteiger partial charge in [-0.05, 0) is 61.3 Å². The third-order valence-electron chi connectivity index (χ3n) is 6.36. The van der Waals surface area contributed by atoms with Crippen LogP contribution < -0.4 is 19.5 Å². The molecule has 1 atom stereocenters. The minimum atomic E-state index is -0.249. The van der Waals surface area contributed by atoms with E-state index in [4.69, 9.17) is 14.2 Å². The van der Waals surface area contributed by atoms with E-state index in [2.05, 4.69) is 41.2 Å². The van der Waals surface area contributed by atoms with Crippen molar-refractivity contribution in [3.8, 4) is 23.0 Å². The molecule has 1 heterocycles. The number of hydrogen-bond donors (Lipinski definition) is 1. The minimum absolute atomic E-state index is 0.0213. The molecule has 198 valence electrons. The van der Waals surface area contributed by atoms with Crippen LogP contribution in [0.1, 0.15) is 25.8 Å². The van der Waals surface area contributed by atoms with Gasteiger partial charge in [0.05, 0.1) is 25.8 Å². The second kappa shape index (κ2) is 12.4. The summed E-state index contributed by atoms with van der Waals surface area (Å²) in [6.45, 7) is 4.98. The lowest BCUT2D eigenvalue weighted by atomic mass is 10.0. The van der Waals surface area contributed by atoms with E-state index in [0.29, 0.717) is 35.5 Å². The molecule has 7 heteroatoms. The molecule has 7 nitrogen and oxygen atoms in total. The number of benzene rings is 3. The van der Waals surface area contributed by atoms with Crippen molar-refractivity contribution < 1.29 is 19.0 Å². The van der Waals surface area contributed by atoms with Crippen molar-refractivity contribution in [2.45, 2.75) is 32.9 Å². The van der Waals surface area contributed by atoms with E-state index in [-0.39, 0.29) is 11.9 Å². The maximum absolute atomic E-state index is 13.3. The number of pyridine rings is 1. The molecule has 0 aliphatic rings. The van der Waals surface area contributed by atoms with Crippen molar-refractivity contribution in [3.63, 3.8) is 0 Å². The summed E-state index contributed by atoms with van der Waals surface area (Å²) in [6.07, 6.45) is 2.46. The summed E-state index contributed by atoms with van der Waals surface area (Å²) < 4.78 is 17.0. The molecule has 1 N–H and O–H groups in total. The lowest BCUT2D eigenvalue weighted by Gasteiger charge is -2.28. The zero-order valence-corrected chi connectivity index (χ0v) is 22.6. The third-order valence-corrected chi connectivity index (χ3v) is 6.36. The number of carbonyl (C=O) groups is 1. The Morgan fingerprint density at radius 2 is 1.61 bits per heavy atom. The molecule has 3 aromatic carbocycles. The highest BCUT2D eigenvalue weighted by molar-refractivity contribution is 5.95. The molecule has 0 spiro atoms. The number of nitrogens with one attached hydrogen (secondary N) is 1. The van der Waals surface area contributed by atoms with Crippen molar-refractivity contribution in [3.05, 3.63) is 84.6 Å². The fourth-order valence-corrected chi connectivity index (χ4v) is 4.41. The summed E-state index contributed by atoms with van der Waals surface area (Å²) in [4.78, 5) is 19.8. The summed E-state index contributed by atoms with van der Waals surface area (Å²) >= 11 is 0. The first-order chi connectivity index (χ1) is 18.4. The third kappa shape index (κ3) is 6.61. The maximum Gasteiger partial charge on any atom is 0.241 e. The van der Waals surface area contributed by atoms with Gasteiger partial charge in [0.15, 0.2) is 11.5 Å². The number of rotatable bonds is 11. The van der Waals surface area contributed by atoms with Crippen molar-refractivity contribution in [1.29, 1.82) is 0 Å². The average Bonchev–Trinajstić information content (AvgIpc) is 2.92. The SMILES string of the molecule is COc1cc2nccc(Oc3ccc(NC(=O)[C@H](CC(C)C)N(C)Cc4ccccc4)cc3)c2cc1OC. The number of amides is 1. The van der Waals surface area contributed by atoms with E-state index >= 15 is 0 Å². The number of fused-ring (bicyclic) bond motifs is 1. The average molecular weight is 514 g/mol. The van der Waals surface area contributed by atoms with E-state index < -0.39 is 0 Å². The Bertz CT molecular complexity index is 1360. The topological polar surface area (TPSA) is 72.9 Å². The van der Waals surface area contributed by atoms with Gasteiger partial charge < -0.3 is 19.5 Å². The molecule has 1 aromatic heterocycles. The molecule has 0 aliphatic heterocycles. The van der Waals surface area contributed by atoms with Crippen molar-refractivity contribution in [2.24, 2.45) is 5.92 Å². The molecular weight excluding hydrogens is 478 g/mol. The number of carbonyl (C=O) groups excluding carboxylic acids is 1. The number of hydrogen-bond acceptors (Lipinski definition) is 6. The summed E-state index contributed by atoms with van der Waals surface area (Å²) in [5, 5.41) is 3.89. The van der Waals surface area contributed by atoms with Gasteiger partial charge in [0.25, 0.3) is 0 Å². The lowest BCUT2D eigenvalue weighted by molar-refractivity contribution is -0.121. The molecule has 38 heavy (non-hydrogen) atoms. The normalized spacial score (nSPS) is 12.0. The molecule has 0 aliphatic carbocycles. The van der Waals surface area contributed by atoms with Crippen LogP contribution in [0.5, 0.6) is 23.0 Å². The number of likely N-dealkylation sites (N-methyl/N-ethyl adjacent to an activating group) is 1. The van der Waals surface area contributed by atoms with Crippen LogP contribution in [0.2, 0.25) is 0 Å². The Kier molecular flexibility index (Phi) is 8.81. The lowest BCUT2D eigenvalue weighted by Crippen LogP contribution is -2.42. The Balaban J connectivity index is 1.47. The number of anilines is 1. The predicted molar refractivity (Wildman–Crippen MR) is 151 cm³/mol. The van der Waals surface area contributed by atoms with Gasteiger partial charge in [-0.25, -0.2) is 0 Å². The van der Waals surface area contributed by atoms with Gasteiger partial charge in [0.1, 0.15) is 11.5 Å². The fourth-order valence-electron chi connectivity index (χ4n) is 4.41. The first-order valence-corrected chi connectivity index (χ1v) is 12.7. The van der Waals surface area contributed by atoms with Gasteiger partial charge in [-0.15, -0.1) is 0 Å². The fraction of sp³-hybridized carbons (Fsp3) is 0.290. The number of aromatic nitrogens is 1. The van der Waals surface area contributed by atoms with E-state index in [9.17, 15) is 4.79 Å². The summed E-state index contributed by atoms with van der Waals surface area (Å²) in [6, 6.07) is 22.8. The second-order valence-electron chi connectivity index (χ2n) is 9.70. The van der Waals surface area contributed by atoms with E-state index in [1.807, 2.05) is 67.7 Å². The van der Waals surface area contributed by atoms with Crippen LogP contribution in [0.3, 0.4) is 0 Å². The van der Waals surface area contributed by atoms with Crippen LogP contribution in [0, 0.1) is 5.92 Å². The summed E-state index contributed by atoms with van der Waals surface area (Å²) in [5.74, 6) is 2.86. The quantitative estimate of drug-likeness (QED) is 0.246. The monoisotopic (exact) mass is 513 g/mol. The Hall–Kier alpha value is -4.10. The predicted octanol–water partition coefficient (Wildman–Crippen LogP) is 6.53. The highest BCUT2D eigenvalue weighted by Gasteiger charge is 2.24. The largest absolute Gasteiger partial charge is 0.493 e. The van der Waals surface area contributed by atoms with Crippen LogP contribution in [-0.2, 0) is 11.3 Å². The van der Waals surface area contributed by atoms with E-state index in [1.54, 1.807) is 20.4 Å². The van der Waals surface area contributed by atoms with Gasteiger partial charge in [-0.1, -0.05) is 44.2 Å². The molecule has 4 aromatic rings. The van der Waals surface area contributed by atoms with Crippen LogP contribution in [-0.4, -0.2) is 43.1 Å². The molecule has 1 amide bonds. The molecule has 0 radical (unpaired) electrons. The van der Waals surface area contributed by atoms with Gasteiger partial charge in [0, 0.05) is 29.9 Å². The maximum atomic E-state index is 13.3. The van der Waals surface area contributed by atoms with E-state index in [0.717, 1.165) is 23.0 Å². The molecule has 0 saturated heterocycles. The Labute approximate surface area is 224 Å². The molecule has 0 bridgehead atoms. The number of methoxy groups -OCH3 is 2. The standard InChI is InChI=1S/C31H35N3O4/c1-21(2)17-27(34(3)20-22-9-7-6-8-10-22)31(35)33-23-11-13-24(14-12-23)38-28-15-16-32-26-19-30(37-5)29(36-4)18-25(26)28/h6-16,18-19,21,27H,17,20H2,1-5H3,(H,33,35)/t27-/m0/s1. The van der Waals surface area contributed by atoms with E-state index in [1.165, 1.54) is 5.56 Å². The first-order valence-electron chi connectivity index (χ1n) is 12.7. The molecule has 0 unspecified atom stereocenters. The zero-order chi connectivity index (χ0) is 27.1. The van der Waals surface area contributed by atoms with Crippen LogP contribution >= 0.6 is 0 Å². The van der Waals surface area contributed by atoms with Crippen LogP contribution in [0.25, 0.3) is 10.9 Å². The summed E-state index contributed by atoms with van der Waals surface area (Å²) in [5.41, 5.74) is 2.63. The van der Waals surface area contributed by atoms with Crippen molar-refractivity contribution >= 4 is 22.5 Å². The smallest absolute Gasteiger partial charge is 0.241 e. The van der Waals surface area contributed by atoms with Crippen molar-refractivity contribution in [1.82, 2.24) is 9.88 Å². The van der Waals surface area contributed by atoms with Crippen LogP contribution in [0.15, 0.2) is 79.0 Å². The highest BCUT2D eigenvalue weighted by Crippen LogP contribution is 2.37. The molecule has 0 saturated carbocycles. The van der Waals surface area contributed by atoms with Gasteiger partial charge in [-0.3, -0.25) is 14.7 Å². The zero-order valence-electron chi connectivity index (χ0n) is 22.6. The van der Waals surface area contributed by atoms with Gasteiger partial charge in [-0.2, -0.15) is 0 Å². The van der Waals surface area contributed by atoms with Gasteiger partial charge >= 0.3 is 0 Å². The molecule has 0 fully saturated rings. The van der Waals surface area contributed by atoms with Crippen LogP contribution in [0.4, 0.5) is 5.69 Å². The van der Waals surface area contributed by atoms with Crippen molar-refractivity contribution in [2.75, 3.05) is 26.6 Å².